The molecule has 3 saturated heterocycles. The van der Waals surface area contributed by atoms with Crippen molar-refractivity contribution in [3.8, 4) is 0 Å². The Morgan fingerprint density at radius 2 is 1.72 bits per heavy atom. The second-order valence-electron chi connectivity index (χ2n) is 7.20. The van der Waals surface area contributed by atoms with Crippen LogP contribution in [0, 0.1) is 17.3 Å². The van der Waals surface area contributed by atoms with E-state index in [9.17, 15) is 4.79 Å². The number of hydrogen-bond donors (Lipinski definition) is 1. The number of likely N-dealkylation sites (tertiary alicyclic amines) is 1. The molecule has 2 bridgehead atoms. The molecule has 5 atom stereocenters. The van der Waals surface area contributed by atoms with Gasteiger partial charge < -0.3 is 15.4 Å². The van der Waals surface area contributed by atoms with Crippen molar-refractivity contribution >= 4 is 5.91 Å². The third-order valence-corrected chi connectivity index (χ3v) is 4.96. The molecule has 3 heterocycles. The van der Waals surface area contributed by atoms with E-state index in [1.165, 1.54) is 12.8 Å². The summed E-state index contributed by atoms with van der Waals surface area (Å²) in [4.78, 5) is 14.4. The van der Waals surface area contributed by atoms with E-state index in [1.54, 1.807) is 0 Å². The number of nitrogens with zero attached hydrogens (tertiary/aromatic N) is 1. The SMILES string of the molecule is CC(C)(C)[C@H](N)C(=O)N1C[C@@H]2[C@H](C1)[C@@H]1CC[C@H]2O1. The number of fused-ring (bicyclic) bond motifs is 5. The fourth-order valence-electron chi connectivity index (χ4n) is 3.71. The number of carbonyl (C=O) groups is 1. The summed E-state index contributed by atoms with van der Waals surface area (Å²) >= 11 is 0. The van der Waals surface area contributed by atoms with Crippen molar-refractivity contribution in [3.05, 3.63) is 0 Å². The lowest BCUT2D eigenvalue weighted by Gasteiger charge is -2.30. The maximum atomic E-state index is 12.4. The van der Waals surface area contributed by atoms with Crippen molar-refractivity contribution in [3.63, 3.8) is 0 Å². The summed E-state index contributed by atoms with van der Waals surface area (Å²) in [6.45, 7) is 7.79. The fourth-order valence-corrected chi connectivity index (χ4v) is 3.71. The quantitative estimate of drug-likeness (QED) is 0.757. The average Bonchev–Trinajstić information content (AvgIpc) is 2.96. The molecule has 0 unspecified atom stereocenters. The molecule has 3 rings (SSSR count). The van der Waals surface area contributed by atoms with Crippen LogP contribution < -0.4 is 5.73 Å². The molecule has 0 aliphatic carbocycles. The number of ether oxygens (including phenoxy) is 1. The first-order valence-electron chi connectivity index (χ1n) is 7.08. The summed E-state index contributed by atoms with van der Waals surface area (Å²) in [7, 11) is 0. The zero-order chi connectivity index (χ0) is 13.1. The molecule has 0 aromatic rings. The van der Waals surface area contributed by atoms with Crippen LogP contribution in [0.5, 0.6) is 0 Å². The summed E-state index contributed by atoms with van der Waals surface area (Å²) in [5, 5.41) is 0. The molecule has 3 fully saturated rings. The largest absolute Gasteiger partial charge is 0.374 e. The van der Waals surface area contributed by atoms with Crippen molar-refractivity contribution in [1.82, 2.24) is 4.90 Å². The first-order chi connectivity index (χ1) is 8.38. The first kappa shape index (κ1) is 12.4. The van der Waals surface area contributed by atoms with Crippen molar-refractivity contribution in [1.29, 1.82) is 0 Å². The summed E-state index contributed by atoms with van der Waals surface area (Å²) in [6, 6.07) is -0.394. The molecule has 1 amide bonds. The van der Waals surface area contributed by atoms with Gasteiger partial charge in [-0.15, -0.1) is 0 Å². The Kier molecular flexibility index (Phi) is 2.72. The van der Waals surface area contributed by atoms with E-state index in [0.717, 1.165) is 13.1 Å². The predicted molar refractivity (Wildman–Crippen MR) is 68.9 cm³/mol. The normalized spacial score (nSPS) is 40.1. The molecule has 2 N–H and O–H groups in total. The van der Waals surface area contributed by atoms with Gasteiger partial charge >= 0.3 is 0 Å². The molecule has 102 valence electrons. The Morgan fingerprint density at radius 3 is 2.17 bits per heavy atom. The van der Waals surface area contributed by atoms with Crippen LogP contribution in [0.2, 0.25) is 0 Å². The van der Waals surface area contributed by atoms with E-state index in [-0.39, 0.29) is 11.3 Å². The van der Waals surface area contributed by atoms with Gasteiger partial charge in [0.1, 0.15) is 0 Å². The number of hydrogen-bond acceptors (Lipinski definition) is 3. The van der Waals surface area contributed by atoms with E-state index >= 15 is 0 Å². The van der Waals surface area contributed by atoms with Crippen LogP contribution in [-0.2, 0) is 9.53 Å². The fraction of sp³-hybridized carbons (Fsp3) is 0.929. The van der Waals surface area contributed by atoms with Crippen LogP contribution in [0.15, 0.2) is 0 Å². The Morgan fingerprint density at radius 1 is 1.22 bits per heavy atom. The van der Waals surface area contributed by atoms with Crippen molar-refractivity contribution in [2.45, 2.75) is 51.9 Å². The number of nitrogens with two attached hydrogens (primary N) is 1. The monoisotopic (exact) mass is 252 g/mol. The number of amides is 1. The van der Waals surface area contributed by atoms with E-state index in [2.05, 4.69) is 0 Å². The zero-order valence-corrected chi connectivity index (χ0v) is 11.6. The van der Waals surface area contributed by atoms with Crippen molar-refractivity contribution < 1.29 is 9.53 Å². The molecule has 3 aliphatic heterocycles. The molecule has 0 aromatic carbocycles. The highest BCUT2D eigenvalue weighted by atomic mass is 16.5. The van der Waals surface area contributed by atoms with Gasteiger partial charge in [-0.1, -0.05) is 20.8 Å². The van der Waals surface area contributed by atoms with Crippen LogP contribution in [0.3, 0.4) is 0 Å². The summed E-state index contributed by atoms with van der Waals surface area (Å²) < 4.78 is 5.93. The molecule has 18 heavy (non-hydrogen) atoms. The zero-order valence-electron chi connectivity index (χ0n) is 11.6. The maximum Gasteiger partial charge on any atom is 0.240 e. The minimum Gasteiger partial charge on any atom is -0.374 e. The molecule has 0 spiro atoms. The van der Waals surface area contributed by atoms with Gasteiger partial charge in [0.25, 0.3) is 0 Å². The van der Waals surface area contributed by atoms with Gasteiger partial charge in [0.05, 0.1) is 18.2 Å². The molecular weight excluding hydrogens is 228 g/mol. The molecule has 3 aliphatic rings. The average molecular weight is 252 g/mol. The van der Waals surface area contributed by atoms with Gasteiger partial charge in [0.15, 0.2) is 0 Å². The second-order valence-corrected chi connectivity index (χ2v) is 7.20. The van der Waals surface area contributed by atoms with Crippen molar-refractivity contribution in [2.24, 2.45) is 23.0 Å². The lowest BCUT2D eigenvalue weighted by atomic mass is 9.82. The minimum absolute atomic E-state index is 0.122. The highest BCUT2D eigenvalue weighted by Gasteiger charge is 2.54. The Bertz CT molecular complexity index is 345. The van der Waals surface area contributed by atoms with Crippen LogP contribution >= 0.6 is 0 Å². The number of carbonyl (C=O) groups excluding carboxylic acids is 1. The van der Waals surface area contributed by atoms with E-state index in [0.29, 0.717) is 24.0 Å². The molecular formula is C14H24N2O2. The molecule has 4 heteroatoms. The van der Waals surface area contributed by atoms with Gasteiger partial charge in [-0.05, 0) is 18.3 Å². The highest BCUT2D eigenvalue weighted by molar-refractivity contribution is 5.82. The second kappa shape index (κ2) is 3.94. The van der Waals surface area contributed by atoms with Crippen LogP contribution in [0.1, 0.15) is 33.6 Å². The summed E-state index contributed by atoms with van der Waals surface area (Å²) in [6.07, 6.45) is 3.17. The smallest absolute Gasteiger partial charge is 0.240 e. The Balaban J connectivity index is 1.68. The van der Waals surface area contributed by atoms with Gasteiger partial charge in [-0.3, -0.25) is 4.79 Å². The van der Waals surface area contributed by atoms with E-state index in [4.69, 9.17) is 10.5 Å². The predicted octanol–water partition coefficient (Wildman–Crippen LogP) is 0.996. The Hall–Kier alpha value is -0.610. The topological polar surface area (TPSA) is 55.6 Å². The third kappa shape index (κ3) is 1.77. The van der Waals surface area contributed by atoms with Crippen molar-refractivity contribution in [2.75, 3.05) is 13.1 Å². The van der Waals surface area contributed by atoms with Gasteiger partial charge in [-0.2, -0.15) is 0 Å². The third-order valence-electron chi connectivity index (χ3n) is 4.96. The summed E-state index contributed by atoms with van der Waals surface area (Å²) in [5.41, 5.74) is 5.92. The first-order valence-corrected chi connectivity index (χ1v) is 7.08. The standard InChI is InChI=1S/C14H24N2O2/c1-14(2,3)12(15)13(17)16-6-8-9(7-16)11-5-4-10(8)18-11/h8-12H,4-7,15H2,1-3H3/t8-,9+,10-,11+,12-/m1/s1. The molecule has 0 aromatic heterocycles. The molecule has 0 saturated carbocycles. The van der Waals surface area contributed by atoms with Crippen LogP contribution in [0.4, 0.5) is 0 Å². The number of rotatable bonds is 1. The van der Waals surface area contributed by atoms with Gasteiger partial charge in [0.2, 0.25) is 5.91 Å². The maximum absolute atomic E-state index is 12.4. The lowest BCUT2D eigenvalue weighted by molar-refractivity contribution is -0.134. The van der Waals surface area contributed by atoms with E-state index in [1.807, 2.05) is 25.7 Å². The minimum atomic E-state index is -0.394. The van der Waals surface area contributed by atoms with E-state index < -0.39 is 6.04 Å². The summed E-state index contributed by atoms with van der Waals surface area (Å²) in [5.74, 6) is 1.26. The van der Waals surface area contributed by atoms with Gasteiger partial charge in [-0.25, -0.2) is 0 Å². The van der Waals surface area contributed by atoms with Gasteiger partial charge in [0, 0.05) is 24.9 Å². The lowest BCUT2D eigenvalue weighted by Crippen LogP contribution is -2.50. The molecule has 4 nitrogen and oxygen atoms in total. The van der Waals surface area contributed by atoms with Crippen LogP contribution in [0.25, 0.3) is 0 Å². The Labute approximate surface area is 109 Å². The molecule has 0 radical (unpaired) electrons. The highest BCUT2D eigenvalue weighted by Crippen LogP contribution is 2.47. The van der Waals surface area contributed by atoms with Crippen LogP contribution in [-0.4, -0.2) is 42.1 Å².